The van der Waals surface area contributed by atoms with Crippen molar-refractivity contribution in [2.75, 3.05) is 11.4 Å². The molecular formula is C10H15ClN4O3. The van der Waals surface area contributed by atoms with Crippen LogP contribution in [-0.4, -0.2) is 38.7 Å². The van der Waals surface area contributed by atoms with E-state index in [1.54, 1.807) is 0 Å². The fourth-order valence-electron chi connectivity index (χ4n) is 1.23. The Labute approximate surface area is 109 Å². The number of anilines is 1. The van der Waals surface area contributed by atoms with Crippen LogP contribution in [0.3, 0.4) is 0 Å². The second-order valence-electron chi connectivity index (χ2n) is 3.72. The number of carbonyl (C=O) groups is 1. The largest absolute Gasteiger partial charge is 0.347 e. The van der Waals surface area contributed by atoms with E-state index in [0.717, 1.165) is 4.90 Å². The van der Waals surface area contributed by atoms with Crippen molar-refractivity contribution >= 4 is 23.4 Å². The summed E-state index contributed by atoms with van der Waals surface area (Å²) in [4.78, 5) is 19.8. The van der Waals surface area contributed by atoms with E-state index >= 15 is 0 Å². The molecule has 7 nitrogen and oxygen atoms in total. The van der Waals surface area contributed by atoms with Crippen LogP contribution < -0.4 is 10.2 Å². The van der Waals surface area contributed by atoms with Gasteiger partial charge in [0.25, 0.3) is 5.91 Å². The third kappa shape index (κ3) is 3.80. The van der Waals surface area contributed by atoms with Crippen LogP contribution in [0, 0.1) is 0 Å². The molecule has 0 spiro atoms. The number of hydrogen-bond acceptors (Lipinski definition) is 5. The Hall–Kier alpha value is -1.44. The van der Waals surface area contributed by atoms with Crippen LogP contribution in [0.4, 0.5) is 10.6 Å². The Balaban J connectivity index is 0.000000492. The van der Waals surface area contributed by atoms with Crippen molar-refractivity contribution in [2.45, 2.75) is 26.2 Å². The lowest BCUT2D eigenvalue weighted by Crippen LogP contribution is -2.42. The van der Waals surface area contributed by atoms with E-state index in [9.17, 15) is 15.0 Å². The molecule has 18 heavy (non-hydrogen) atoms. The maximum absolute atomic E-state index is 11.3. The molecule has 1 aliphatic rings. The third-order valence-corrected chi connectivity index (χ3v) is 2.00. The molecule has 1 aromatic heterocycles. The number of urea groups is 1. The molecule has 3 N–H and O–H groups in total. The van der Waals surface area contributed by atoms with Gasteiger partial charge in [-0.3, -0.25) is 10.2 Å². The maximum atomic E-state index is 11.3. The van der Waals surface area contributed by atoms with Gasteiger partial charge in [0.05, 0.1) is 0 Å². The molecule has 2 heterocycles. The van der Waals surface area contributed by atoms with Crippen molar-refractivity contribution in [1.82, 2.24) is 15.3 Å². The van der Waals surface area contributed by atoms with Gasteiger partial charge < -0.3 is 10.2 Å². The summed E-state index contributed by atoms with van der Waals surface area (Å²) in [7, 11) is 0. The molecule has 2 amide bonds. The highest BCUT2D eigenvalue weighted by Crippen LogP contribution is 2.18. The normalized spacial score (nSPS) is 16.9. The van der Waals surface area contributed by atoms with Crippen molar-refractivity contribution < 1.29 is 15.0 Å². The Morgan fingerprint density at radius 3 is 2.61 bits per heavy atom. The molecule has 8 heteroatoms. The smallest absolute Gasteiger partial charge is 0.327 e. The Kier molecular flexibility index (Phi) is 4.83. The summed E-state index contributed by atoms with van der Waals surface area (Å²) in [5.41, 5.74) is 0. The zero-order chi connectivity index (χ0) is 13.8. The third-order valence-electron chi connectivity index (χ3n) is 1.82. The van der Waals surface area contributed by atoms with Crippen molar-refractivity contribution in [3.05, 3.63) is 17.5 Å². The van der Waals surface area contributed by atoms with E-state index in [2.05, 4.69) is 23.8 Å². The summed E-state index contributed by atoms with van der Waals surface area (Å²) in [5, 5.41) is 20.3. The van der Waals surface area contributed by atoms with Gasteiger partial charge in [0.15, 0.2) is 0 Å². The quantitative estimate of drug-likeness (QED) is 0.518. The van der Waals surface area contributed by atoms with Gasteiger partial charge in [-0.1, -0.05) is 20.3 Å². The van der Waals surface area contributed by atoms with Gasteiger partial charge in [0.2, 0.25) is 5.28 Å². The van der Waals surface area contributed by atoms with E-state index < -0.39 is 11.9 Å². The lowest BCUT2D eigenvalue weighted by Gasteiger charge is -2.14. The van der Waals surface area contributed by atoms with E-state index in [4.69, 9.17) is 11.6 Å². The zero-order valence-corrected chi connectivity index (χ0v) is 10.8. The highest BCUT2D eigenvalue weighted by Gasteiger charge is 2.40. The first-order chi connectivity index (χ1) is 8.39. The summed E-state index contributed by atoms with van der Waals surface area (Å²) in [6, 6.07) is 0.780. The van der Waals surface area contributed by atoms with E-state index in [0.29, 0.717) is 0 Å². The minimum absolute atomic E-state index is 0.0197. The summed E-state index contributed by atoms with van der Waals surface area (Å²) >= 11 is 5.54. The van der Waals surface area contributed by atoms with Crippen LogP contribution in [0.5, 0.6) is 0 Å². The molecule has 2 rings (SSSR count). The van der Waals surface area contributed by atoms with Crippen molar-refractivity contribution in [1.29, 1.82) is 0 Å². The number of hydrogen-bond donors (Lipinski definition) is 3. The molecule has 1 aromatic rings. The molecule has 0 radical (unpaired) electrons. The molecule has 1 saturated heterocycles. The first kappa shape index (κ1) is 14.6. The number of aliphatic hydroxyl groups is 2. The van der Waals surface area contributed by atoms with Crippen LogP contribution in [-0.2, 0) is 0 Å². The molecule has 0 atom stereocenters. The number of halogens is 1. The van der Waals surface area contributed by atoms with Gasteiger partial charge in [-0.05, 0) is 17.7 Å². The van der Waals surface area contributed by atoms with E-state index in [1.807, 2.05) is 5.32 Å². The molecular weight excluding hydrogens is 260 g/mol. The number of β-amino-alcohol motifs (C(OH)–C–C–N with tert-alkyl or cyclic N) is 2. The average molecular weight is 275 g/mol. The van der Waals surface area contributed by atoms with Gasteiger partial charge in [-0.2, -0.15) is 0 Å². The minimum atomic E-state index is -2.24. The number of nitrogens with zero attached hydrogens (tertiary/aromatic N) is 3. The van der Waals surface area contributed by atoms with Crippen molar-refractivity contribution in [3.8, 4) is 0 Å². The molecule has 0 unspecified atom stereocenters. The maximum Gasteiger partial charge on any atom is 0.327 e. The highest BCUT2D eigenvalue weighted by atomic mass is 35.5. The van der Waals surface area contributed by atoms with Gasteiger partial charge in [-0.15, -0.1) is 0 Å². The number of carbonyl (C=O) groups excluding carboxylic acids is 1. The topological polar surface area (TPSA) is 98.6 Å². The standard InChI is InChI=1S/C7H7ClN4O3.C3H8/c8-5-9-2-1-4(10-5)12-3-7(14,15)11-6(12)13;1-3-2/h1-2,14-15H,3H2,(H,11,13);3H2,1-2H3. The predicted octanol–water partition coefficient (Wildman–Crippen LogP) is 0.714. The molecule has 100 valence electrons. The van der Waals surface area contributed by atoms with Gasteiger partial charge in [0.1, 0.15) is 12.4 Å². The lowest BCUT2D eigenvalue weighted by atomic mass is 10.4. The fraction of sp³-hybridized carbons (Fsp3) is 0.500. The summed E-state index contributed by atoms with van der Waals surface area (Å²) in [6.07, 6.45) is 2.62. The summed E-state index contributed by atoms with van der Waals surface area (Å²) < 4.78 is 0. The molecule has 1 aliphatic heterocycles. The van der Waals surface area contributed by atoms with Crippen LogP contribution in [0.1, 0.15) is 20.3 Å². The molecule has 1 fully saturated rings. The zero-order valence-electron chi connectivity index (χ0n) is 10.1. The van der Waals surface area contributed by atoms with Gasteiger partial charge in [0, 0.05) is 6.20 Å². The lowest BCUT2D eigenvalue weighted by molar-refractivity contribution is -0.155. The van der Waals surface area contributed by atoms with Crippen LogP contribution >= 0.6 is 11.6 Å². The first-order valence-electron chi connectivity index (χ1n) is 5.42. The minimum Gasteiger partial charge on any atom is -0.347 e. The predicted molar refractivity (Wildman–Crippen MR) is 66.1 cm³/mol. The molecule has 0 bridgehead atoms. The SMILES string of the molecule is CCC.O=C1NC(O)(O)CN1c1ccnc(Cl)n1. The number of amides is 2. The Bertz CT molecular complexity index is 427. The first-order valence-corrected chi connectivity index (χ1v) is 5.80. The number of aromatic nitrogens is 2. The van der Waals surface area contributed by atoms with Crippen molar-refractivity contribution in [2.24, 2.45) is 0 Å². The molecule has 0 aromatic carbocycles. The Morgan fingerprint density at radius 2 is 2.17 bits per heavy atom. The monoisotopic (exact) mass is 274 g/mol. The van der Waals surface area contributed by atoms with Gasteiger partial charge in [-0.25, -0.2) is 14.8 Å². The van der Waals surface area contributed by atoms with Crippen LogP contribution in [0.15, 0.2) is 12.3 Å². The van der Waals surface area contributed by atoms with Gasteiger partial charge >= 0.3 is 6.03 Å². The summed E-state index contributed by atoms with van der Waals surface area (Å²) in [6.45, 7) is 3.93. The fourth-order valence-corrected chi connectivity index (χ4v) is 1.37. The van der Waals surface area contributed by atoms with Crippen LogP contribution in [0.2, 0.25) is 5.28 Å². The molecule has 0 aliphatic carbocycles. The average Bonchev–Trinajstić information content (AvgIpc) is 2.53. The van der Waals surface area contributed by atoms with E-state index in [-0.39, 0.29) is 17.6 Å². The number of rotatable bonds is 1. The van der Waals surface area contributed by atoms with Crippen LogP contribution in [0.25, 0.3) is 0 Å². The van der Waals surface area contributed by atoms with Crippen molar-refractivity contribution in [3.63, 3.8) is 0 Å². The second kappa shape index (κ2) is 5.94. The Morgan fingerprint density at radius 1 is 1.56 bits per heavy atom. The highest BCUT2D eigenvalue weighted by molar-refractivity contribution is 6.28. The second-order valence-corrected chi connectivity index (χ2v) is 4.06. The molecule has 0 saturated carbocycles. The van der Waals surface area contributed by atoms with E-state index in [1.165, 1.54) is 18.7 Å². The number of nitrogens with one attached hydrogen (secondary N) is 1. The summed E-state index contributed by atoms with van der Waals surface area (Å²) in [5.74, 6) is -2.04.